The molecule has 0 spiro atoms. The van der Waals surface area contributed by atoms with Crippen LogP contribution < -0.4 is 10.5 Å². The van der Waals surface area contributed by atoms with E-state index in [2.05, 4.69) is 12.1 Å². The Bertz CT molecular complexity index is 494. The van der Waals surface area contributed by atoms with Gasteiger partial charge in [0.1, 0.15) is 12.4 Å². The Labute approximate surface area is 120 Å². The summed E-state index contributed by atoms with van der Waals surface area (Å²) in [7, 11) is 0. The summed E-state index contributed by atoms with van der Waals surface area (Å²) in [6.45, 7) is 1.16. The third kappa shape index (κ3) is 5.16. The highest BCUT2D eigenvalue weighted by atomic mass is 35.5. The highest BCUT2D eigenvalue weighted by Crippen LogP contribution is 2.14. The minimum absolute atomic E-state index is 0. The average molecular weight is 276 g/mol. The Morgan fingerprint density at radius 2 is 1.63 bits per heavy atom. The van der Waals surface area contributed by atoms with E-state index in [1.165, 1.54) is 5.56 Å². The van der Waals surface area contributed by atoms with Crippen molar-refractivity contribution < 1.29 is 4.74 Å². The summed E-state index contributed by atoms with van der Waals surface area (Å²) in [5.74, 6) is 0.878. The molecule has 0 heterocycles. The van der Waals surface area contributed by atoms with Crippen LogP contribution in [0.15, 0.2) is 60.7 Å². The Hall–Kier alpha value is -1.77. The maximum Gasteiger partial charge on any atom is 0.119 e. The third-order valence-corrected chi connectivity index (χ3v) is 2.57. The van der Waals surface area contributed by atoms with Crippen molar-refractivity contribution in [3.63, 3.8) is 0 Å². The predicted molar refractivity (Wildman–Crippen MR) is 82.6 cm³/mol. The summed E-state index contributed by atoms with van der Waals surface area (Å²) >= 11 is 0. The van der Waals surface area contributed by atoms with Crippen molar-refractivity contribution in [1.29, 1.82) is 0 Å². The van der Waals surface area contributed by atoms with E-state index < -0.39 is 0 Å². The largest absolute Gasteiger partial charge is 0.489 e. The molecule has 0 fully saturated rings. The van der Waals surface area contributed by atoms with Crippen LogP contribution in [-0.2, 0) is 6.61 Å². The van der Waals surface area contributed by atoms with Crippen molar-refractivity contribution in [3.8, 4) is 5.75 Å². The summed E-state index contributed by atoms with van der Waals surface area (Å²) in [5, 5.41) is 0. The van der Waals surface area contributed by atoms with E-state index in [-0.39, 0.29) is 12.4 Å². The molecule has 2 aromatic carbocycles. The van der Waals surface area contributed by atoms with Gasteiger partial charge in [0.25, 0.3) is 0 Å². The van der Waals surface area contributed by atoms with Crippen LogP contribution in [0, 0.1) is 0 Å². The van der Waals surface area contributed by atoms with Crippen LogP contribution in [0.25, 0.3) is 6.08 Å². The second kappa shape index (κ2) is 8.35. The lowest BCUT2D eigenvalue weighted by Crippen LogP contribution is -1.94. The van der Waals surface area contributed by atoms with Crippen molar-refractivity contribution in [3.05, 3.63) is 71.8 Å². The quantitative estimate of drug-likeness (QED) is 0.904. The van der Waals surface area contributed by atoms with E-state index in [1.807, 2.05) is 54.6 Å². The van der Waals surface area contributed by atoms with Crippen molar-refractivity contribution >= 4 is 18.5 Å². The number of nitrogens with two attached hydrogens (primary N) is 1. The number of ether oxygens (including phenoxy) is 1. The van der Waals surface area contributed by atoms with Gasteiger partial charge in [0.15, 0.2) is 0 Å². The molecule has 2 nitrogen and oxygen atoms in total. The molecule has 0 saturated carbocycles. The Balaban J connectivity index is 0.00000180. The smallest absolute Gasteiger partial charge is 0.119 e. The van der Waals surface area contributed by atoms with Crippen LogP contribution >= 0.6 is 12.4 Å². The molecule has 0 bridgehead atoms. The van der Waals surface area contributed by atoms with Gasteiger partial charge in [0.2, 0.25) is 0 Å². The van der Waals surface area contributed by atoms with Crippen LogP contribution in [0.4, 0.5) is 0 Å². The third-order valence-electron chi connectivity index (χ3n) is 2.57. The molecule has 0 aliphatic rings. The zero-order valence-corrected chi connectivity index (χ0v) is 11.5. The van der Waals surface area contributed by atoms with Crippen molar-refractivity contribution in [1.82, 2.24) is 0 Å². The van der Waals surface area contributed by atoms with Crippen molar-refractivity contribution in [2.45, 2.75) is 6.61 Å². The molecule has 0 radical (unpaired) electrons. The van der Waals surface area contributed by atoms with E-state index in [0.717, 1.165) is 11.3 Å². The highest BCUT2D eigenvalue weighted by Gasteiger charge is 1.95. The van der Waals surface area contributed by atoms with Gasteiger partial charge in [-0.1, -0.05) is 54.6 Å². The van der Waals surface area contributed by atoms with Gasteiger partial charge in [-0.2, -0.15) is 0 Å². The first-order valence-electron chi connectivity index (χ1n) is 6.02. The van der Waals surface area contributed by atoms with E-state index in [9.17, 15) is 0 Å². The standard InChI is InChI=1S/C16H17NO.ClH/c17-12-4-7-14-8-10-16(11-9-14)18-13-15-5-2-1-3-6-15;/h1-11H,12-13,17H2;1H/b7-4+;. The van der Waals surface area contributed by atoms with Gasteiger partial charge >= 0.3 is 0 Å². The SMILES string of the molecule is Cl.NC/C=C/c1ccc(OCc2ccccc2)cc1. The minimum Gasteiger partial charge on any atom is -0.489 e. The van der Waals surface area contributed by atoms with Crippen LogP contribution in [0.3, 0.4) is 0 Å². The molecule has 100 valence electrons. The van der Waals surface area contributed by atoms with E-state index >= 15 is 0 Å². The summed E-state index contributed by atoms with van der Waals surface area (Å²) in [4.78, 5) is 0. The molecule has 2 aromatic rings. The summed E-state index contributed by atoms with van der Waals surface area (Å²) in [6.07, 6.45) is 3.93. The maximum atomic E-state index is 5.70. The molecule has 2 rings (SSSR count). The molecule has 0 aliphatic heterocycles. The van der Waals surface area contributed by atoms with Crippen molar-refractivity contribution in [2.75, 3.05) is 6.54 Å². The molecule has 19 heavy (non-hydrogen) atoms. The predicted octanol–water partition coefficient (Wildman–Crippen LogP) is 3.66. The molecule has 0 saturated heterocycles. The normalized spacial score (nSPS) is 10.2. The number of halogens is 1. The van der Waals surface area contributed by atoms with Crippen LogP contribution in [0.1, 0.15) is 11.1 Å². The first kappa shape index (κ1) is 15.3. The topological polar surface area (TPSA) is 35.2 Å². The number of hydrogen-bond acceptors (Lipinski definition) is 2. The van der Waals surface area contributed by atoms with Gasteiger partial charge in [-0.3, -0.25) is 0 Å². The maximum absolute atomic E-state index is 5.70. The van der Waals surface area contributed by atoms with Gasteiger partial charge in [-0.15, -0.1) is 12.4 Å². The van der Waals surface area contributed by atoms with Gasteiger partial charge in [-0.25, -0.2) is 0 Å². The average Bonchev–Trinajstić information content (AvgIpc) is 2.45. The lowest BCUT2D eigenvalue weighted by Gasteiger charge is -2.06. The molecule has 0 unspecified atom stereocenters. The van der Waals surface area contributed by atoms with Crippen molar-refractivity contribution in [2.24, 2.45) is 5.73 Å². The molecule has 0 aromatic heterocycles. The molecule has 3 heteroatoms. The van der Waals surface area contributed by atoms with E-state index in [0.29, 0.717) is 13.2 Å². The Morgan fingerprint density at radius 1 is 0.947 bits per heavy atom. The minimum atomic E-state index is 0. The molecular formula is C16H18ClNO. The fourth-order valence-corrected chi connectivity index (χ4v) is 1.62. The van der Waals surface area contributed by atoms with E-state index in [4.69, 9.17) is 10.5 Å². The van der Waals surface area contributed by atoms with Gasteiger partial charge in [0, 0.05) is 6.54 Å². The first-order chi connectivity index (χ1) is 8.88. The molecular weight excluding hydrogens is 258 g/mol. The van der Waals surface area contributed by atoms with Gasteiger partial charge < -0.3 is 10.5 Å². The molecule has 0 amide bonds. The zero-order valence-electron chi connectivity index (χ0n) is 10.7. The van der Waals surface area contributed by atoms with Gasteiger partial charge in [0.05, 0.1) is 0 Å². The second-order valence-electron chi connectivity index (χ2n) is 3.98. The Morgan fingerprint density at radius 3 is 2.26 bits per heavy atom. The summed E-state index contributed by atoms with van der Waals surface area (Å²) in [5.41, 5.74) is 7.71. The van der Waals surface area contributed by atoms with Crippen LogP contribution in [0.5, 0.6) is 5.75 Å². The fraction of sp³-hybridized carbons (Fsp3) is 0.125. The van der Waals surface area contributed by atoms with E-state index in [1.54, 1.807) is 0 Å². The lowest BCUT2D eigenvalue weighted by molar-refractivity contribution is 0.306. The molecule has 2 N–H and O–H groups in total. The van der Waals surface area contributed by atoms with Crippen LogP contribution in [-0.4, -0.2) is 6.54 Å². The molecule has 0 atom stereocenters. The number of rotatable bonds is 5. The monoisotopic (exact) mass is 275 g/mol. The Kier molecular flexibility index (Phi) is 6.72. The number of benzene rings is 2. The van der Waals surface area contributed by atoms with Crippen LogP contribution in [0.2, 0.25) is 0 Å². The fourth-order valence-electron chi connectivity index (χ4n) is 1.62. The molecule has 0 aliphatic carbocycles. The lowest BCUT2D eigenvalue weighted by atomic mass is 10.2. The first-order valence-corrected chi connectivity index (χ1v) is 6.02. The highest BCUT2D eigenvalue weighted by molar-refractivity contribution is 5.85. The van der Waals surface area contributed by atoms with Gasteiger partial charge in [-0.05, 0) is 23.3 Å². The summed E-state index contributed by atoms with van der Waals surface area (Å²) < 4.78 is 5.70. The zero-order chi connectivity index (χ0) is 12.6. The summed E-state index contributed by atoms with van der Waals surface area (Å²) in [6, 6.07) is 18.1. The number of hydrogen-bond donors (Lipinski definition) is 1. The second-order valence-corrected chi connectivity index (χ2v) is 3.98.